The number of benzene rings is 1. The fraction of sp³-hybridized carbons (Fsp3) is 0.438. The van der Waals surface area contributed by atoms with Gasteiger partial charge in [-0.3, -0.25) is 4.68 Å². The molecule has 1 aromatic carbocycles. The summed E-state index contributed by atoms with van der Waals surface area (Å²) in [6, 6.07) is 6.18. The minimum atomic E-state index is -2.97. The number of hydrogen-bond donors (Lipinski definition) is 0. The molecule has 1 aliphatic rings. The number of nitrogens with zero attached hydrogens (tertiary/aromatic N) is 2. The van der Waals surface area contributed by atoms with Crippen LogP contribution in [-0.2, 0) is 16.9 Å². The number of hydrogen-bond acceptors (Lipinski definition) is 4. The SMILES string of the molecule is Cn1nccc1-c1ccc(F)cc1OCC1CCCS(=O)(=O)C1. The molecule has 0 amide bonds. The lowest BCUT2D eigenvalue weighted by Crippen LogP contribution is -2.29. The van der Waals surface area contributed by atoms with E-state index in [1.165, 1.54) is 12.1 Å². The predicted molar refractivity (Wildman–Crippen MR) is 85.5 cm³/mol. The van der Waals surface area contributed by atoms with Gasteiger partial charge in [0.1, 0.15) is 11.6 Å². The third-order valence-corrected chi connectivity index (χ3v) is 5.96. The molecule has 124 valence electrons. The highest BCUT2D eigenvalue weighted by atomic mass is 32.2. The smallest absolute Gasteiger partial charge is 0.150 e. The van der Waals surface area contributed by atoms with Crippen LogP contribution in [0.15, 0.2) is 30.5 Å². The Labute approximate surface area is 135 Å². The first kappa shape index (κ1) is 16.0. The van der Waals surface area contributed by atoms with Gasteiger partial charge in [0.05, 0.1) is 23.8 Å². The zero-order chi connectivity index (χ0) is 16.4. The molecular formula is C16H19FN2O3S. The molecule has 5 nitrogen and oxygen atoms in total. The van der Waals surface area contributed by atoms with E-state index in [-0.39, 0.29) is 29.8 Å². The van der Waals surface area contributed by atoms with Crippen molar-refractivity contribution in [1.82, 2.24) is 9.78 Å². The molecule has 0 bridgehead atoms. The third-order valence-electron chi connectivity index (χ3n) is 4.07. The first-order valence-corrected chi connectivity index (χ1v) is 9.38. The van der Waals surface area contributed by atoms with Crippen LogP contribution in [0.1, 0.15) is 12.8 Å². The predicted octanol–water partition coefficient (Wildman–Crippen LogP) is 2.43. The number of sulfone groups is 1. The van der Waals surface area contributed by atoms with E-state index < -0.39 is 9.84 Å². The molecular weight excluding hydrogens is 319 g/mol. The Morgan fingerprint density at radius 3 is 2.91 bits per heavy atom. The van der Waals surface area contributed by atoms with Gasteiger partial charge in [-0.05, 0) is 31.0 Å². The van der Waals surface area contributed by atoms with Crippen LogP contribution in [-0.4, -0.2) is 36.3 Å². The van der Waals surface area contributed by atoms with Gasteiger partial charge in [-0.25, -0.2) is 12.8 Å². The van der Waals surface area contributed by atoms with Crippen molar-refractivity contribution in [1.29, 1.82) is 0 Å². The van der Waals surface area contributed by atoms with Crippen LogP contribution in [0.2, 0.25) is 0 Å². The molecule has 0 radical (unpaired) electrons. The molecule has 1 fully saturated rings. The topological polar surface area (TPSA) is 61.2 Å². The molecule has 23 heavy (non-hydrogen) atoms. The first-order chi connectivity index (χ1) is 10.9. The van der Waals surface area contributed by atoms with E-state index in [9.17, 15) is 12.8 Å². The zero-order valence-electron chi connectivity index (χ0n) is 12.9. The molecule has 0 spiro atoms. The maximum Gasteiger partial charge on any atom is 0.150 e. The highest BCUT2D eigenvalue weighted by Crippen LogP contribution is 2.31. The van der Waals surface area contributed by atoms with Crippen LogP contribution in [0.3, 0.4) is 0 Å². The van der Waals surface area contributed by atoms with E-state index >= 15 is 0 Å². The maximum atomic E-state index is 13.6. The van der Waals surface area contributed by atoms with E-state index in [1.807, 2.05) is 6.07 Å². The van der Waals surface area contributed by atoms with Crippen LogP contribution in [0.25, 0.3) is 11.3 Å². The summed E-state index contributed by atoms with van der Waals surface area (Å²) in [5, 5.41) is 4.11. The first-order valence-electron chi connectivity index (χ1n) is 7.56. The van der Waals surface area contributed by atoms with Crippen molar-refractivity contribution in [3.05, 3.63) is 36.3 Å². The van der Waals surface area contributed by atoms with Gasteiger partial charge >= 0.3 is 0 Å². The van der Waals surface area contributed by atoms with Crippen molar-refractivity contribution in [3.63, 3.8) is 0 Å². The van der Waals surface area contributed by atoms with Crippen molar-refractivity contribution < 1.29 is 17.5 Å². The molecule has 1 unspecified atom stereocenters. The number of ether oxygens (including phenoxy) is 1. The zero-order valence-corrected chi connectivity index (χ0v) is 13.7. The Morgan fingerprint density at radius 1 is 1.39 bits per heavy atom. The second kappa shape index (κ2) is 6.31. The summed E-state index contributed by atoms with van der Waals surface area (Å²) in [7, 11) is -1.17. The third kappa shape index (κ3) is 3.72. The molecule has 0 N–H and O–H groups in total. The molecule has 7 heteroatoms. The second-order valence-electron chi connectivity index (χ2n) is 5.91. The van der Waals surface area contributed by atoms with Gasteiger partial charge in [-0.1, -0.05) is 0 Å². The van der Waals surface area contributed by atoms with Gasteiger partial charge in [-0.2, -0.15) is 5.10 Å². The molecule has 0 aliphatic carbocycles. The summed E-state index contributed by atoms with van der Waals surface area (Å²) >= 11 is 0. The van der Waals surface area contributed by atoms with Gasteiger partial charge in [-0.15, -0.1) is 0 Å². The van der Waals surface area contributed by atoms with Crippen LogP contribution < -0.4 is 4.74 Å². The number of aryl methyl sites for hydroxylation is 1. The lowest BCUT2D eigenvalue weighted by Gasteiger charge is -2.22. The van der Waals surface area contributed by atoms with Crippen molar-refractivity contribution in [2.75, 3.05) is 18.1 Å². The lowest BCUT2D eigenvalue weighted by atomic mass is 10.1. The van der Waals surface area contributed by atoms with Crippen LogP contribution in [0.4, 0.5) is 4.39 Å². The normalized spacial score (nSPS) is 20.3. The molecule has 1 atom stereocenters. The summed E-state index contributed by atoms with van der Waals surface area (Å²) in [6.07, 6.45) is 3.14. The molecule has 1 saturated heterocycles. The molecule has 1 aliphatic heterocycles. The van der Waals surface area contributed by atoms with Crippen molar-refractivity contribution in [2.24, 2.45) is 13.0 Å². The van der Waals surface area contributed by atoms with Gasteiger partial charge in [0, 0.05) is 30.8 Å². The fourth-order valence-electron chi connectivity index (χ4n) is 2.92. The minimum Gasteiger partial charge on any atom is -0.492 e. The summed E-state index contributed by atoms with van der Waals surface area (Å²) in [6.45, 7) is 0.271. The molecule has 1 aromatic heterocycles. The van der Waals surface area contributed by atoms with Gasteiger partial charge in [0.15, 0.2) is 9.84 Å². The Balaban J connectivity index is 1.80. The van der Waals surface area contributed by atoms with Gasteiger partial charge < -0.3 is 4.74 Å². The Kier molecular flexibility index (Phi) is 4.39. The highest BCUT2D eigenvalue weighted by molar-refractivity contribution is 7.91. The summed E-state index contributed by atoms with van der Waals surface area (Å²) in [5.74, 6) is 0.378. The van der Waals surface area contributed by atoms with Crippen molar-refractivity contribution in [2.45, 2.75) is 12.8 Å². The fourth-order valence-corrected chi connectivity index (χ4v) is 4.68. The molecule has 2 heterocycles. The van der Waals surface area contributed by atoms with E-state index in [1.54, 1.807) is 24.0 Å². The van der Waals surface area contributed by atoms with Gasteiger partial charge in [0.2, 0.25) is 0 Å². The summed E-state index contributed by atoms with van der Waals surface area (Å²) < 4.78 is 44.4. The standard InChI is InChI=1S/C16H19FN2O3S/c1-19-15(6-7-18-19)14-5-4-13(17)9-16(14)22-10-12-3-2-8-23(20,21)11-12/h4-7,9,12H,2-3,8,10-11H2,1H3. The monoisotopic (exact) mass is 338 g/mol. The van der Waals surface area contributed by atoms with E-state index in [0.29, 0.717) is 12.2 Å². The Bertz CT molecular complexity index is 801. The average Bonchev–Trinajstić information content (AvgIpc) is 2.90. The maximum absolute atomic E-state index is 13.6. The van der Waals surface area contributed by atoms with E-state index in [4.69, 9.17) is 4.74 Å². The van der Waals surface area contributed by atoms with Gasteiger partial charge in [0.25, 0.3) is 0 Å². The highest BCUT2D eigenvalue weighted by Gasteiger charge is 2.25. The second-order valence-corrected chi connectivity index (χ2v) is 8.14. The number of halogens is 1. The molecule has 0 saturated carbocycles. The molecule has 2 aromatic rings. The summed E-state index contributed by atoms with van der Waals surface area (Å²) in [4.78, 5) is 0. The van der Waals surface area contributed by atoms with Crippen molar-refractivity contribution >= 4 is 9.84 Å². The van der Waals surface area contributed by atoms with Crippen LogP contribution in [0, 0.1) is 11.7 Å². The number of rotatable bonds is 4. The minimum absolute atomic E-state index is 0.0450. The Hall–Kier alpha value is -1.89. The average molecular weight is 338 g/mol. The van der Waals surface area contributed by atoms with E-state index in [0.717, 1.165) is 17.7 Å². The van der Waals surface area contributed by atoms with Crippen LogP contribution >= 0.6 is 0 Å². The lowest BCUT2D eigenvalue weighted by molar-refractivity contribution is 0.249. The Morgan fingerprint density at radius 2 is 2.22 bits per heavy atom. The summed E-state index contributed by atoms with van der Waals surface area (Å²) in [5.41, 5.74) is 1.56. The van der Waals surface area contributed by atoms with Crippen molar-refractivity contribution in [3.8, 4) is 17.0 Å². The van der Waals surface area contributed by atoms with Crippen LogP contribution in [0.5, 0.6) is 5.75 Å². The number of aromatic nitrogens is 2. The van der Waals surface area contributed by atoms with E-state index in [2.05, 4.69) is 5.10 Å². The molecule has 3 rings (SSSR count). The quantitative estimate of drug-likeness (QED) is 0.859. The largest absolute Gasteiger partial charge is 0.492 e.